The summed E-state index contributed by atoms with van der Waals surface area (Å²) in [6, 6.07) is 28.3. The molecule has 3 heteroatoms. The van der Waals surface area contributed by atoms with Crippen molar-refractivity contribution in [2.75, 3.05) is 5.32 Å². The van der Waals surface area contributed by atoms with Gasteiger partial charge in [-0.1, -0.05) is 60.7 Å². The third kappa shape index (κ3) is 3.34. The van der Waals surface area contributed by atoms with E-state index in [1.165, 1.54) is 57.9 Å². The fourth-order valence-electron chi connectivity index (χ4n) is 5.57. The summed E-state index contributed by atoms with van der Waals surface area (Å²) in [5, 5.41) is 5.88. The van der Waals surface area contributed by atoms with Crippen LogP contribution in [0.15, 0.2) is 83.9 Å². The Morgan fingerprint density at radius 3 is 2.56 bits per heavy atom. The smallest absolute Gasteiger partial charge is 0.198 e. The highest BCUT2D eigenvalue weighted by molar-refractivity contribution is 6.02. The first-order valence-corrected chi connectivity index (χ1v) is 11.6. The molecule has 0 radical (unpaired) electrons. The number of rotatable bonds is 3. The summed E-state index contributed by atoms with van der Waals surface area (Å²) < 4.78 is 0. The van der Waals surface area contributed by atoms with Crippen LogP contribution in [0.3, 0.4) is 0 Å². The Morgan fingerprint density at radius 1 is 0.812 bits per heavy atom. The van der Waals surface area contributed by atoms with Gasteiger partial charge in [0.15, 0.2) is 5.96 Å². The van der Waals surface area contributed by atoms with Crippen molar-refractivity contribution in [1.82, 2.24) is 0 Å². The fraction of sp³-hybridized carbons (Fsp3) is 0.207. The molecule has 3 N–H and O–H groups in total. The van der Waals surface area contributed by atoms with Crippen molar-refractivity contribution < 1.29 is 0 Å². The second-order valence-corrected chi connectivity index (χ2v) is 8.97. The summed E-state index contributed by atoms with van der Waals surface area (Å²) in [6.45, 7) is 0. The van der Waals surface area contributed by atoms with Gasteiger partial charge >= 0.3 is 0 Å². The normalized spacial score (nSPS) is 17.4. The summed E-state index contributed by atoms with van der Waals surface area (Å²) in [5.41, 5.74) is 15.4. The van der Waals surface area contributed by atoms with E-state index in [1.807, 2.05) is 0 Å². The molecule has 2 aliphatic rings. The van der Waals surface area contributed by atoms with E-state index in [0.29, 0.717) is 11.9 Å². The third-order valence-corrected chi connectivity index (χ3v) is 7.03. The maximum Gasteiger partial charge on any atom is 0.198 e. The van der Waals surface area contributed by atoms with Crippen LogP contribution in [0.5, 0.6) is 0 Å². The van der Waals surface area contributed by atoms with Crippen LogP contribution in [-0.2, 0) is 19.3 Å². The first-order valence-electron chi connectivity index (χ1n) is 11.6. The first kappa shape index (κ1) is 19.1. The van der Waals surface area contributed by atoms with Crippen LogP contribution >= 0.6 is 0 Å². The Labute approximate surface area is 189 Å². The van der Waals surface area contributed by atoms with Crippen molar-refractivity contribution in [2.24, 2.45) is 10.7 Å². The molecule has 4 aromatic carbocycles. The number of benzene rings is 4. The number of aliphatic imine (C=N–C) groups is 1. The van der Waals surface area contributed by atoms with Gasteiger partial charge in [0.1, 0.15) is 0 Å². The molecule has 0 saturated heterocycles. The van der Waals surface area contributed by atoms with Crippen LogP contribution in [0, 0.1) is 0 Å². The molecule has 2 aliphatic carbocycles. The maximum atomic E-state index is 6.36. The monoisotopic (exact) mass is 417 g/mol. The number of guanidine groups is 1. The van der Waals surface area contributed by atoms with Gasteiger partial charge in [-0.25, -0.2) is 4.99 Å². The first-order chi connectivity index (χ1) is 15.8. The number of hydrogen-bond donors (Lipinski definition) is 2. The SMILES string of the molecule is NC(=Nc1ccc2c3c(cccc13)CC2)Nc1cccc(C2CCCc3ccccc32)c1. The van der Waals surface area contributed by atoms with Gasteiger partial charge in [-0.15, -0.1) is 0 Å². The average molecular weight is 418 g/mol. The molecule has 3 nitrogen and oxygen atoms in total. The molecule has 0 spiro atoms. The molecular formula is C29H27N3. The third-order valence-electron chi connectivity index (χ3n) is 7.03. The van der Waals surface area contributed by atoms with Crippen molar-refractivity contribution in [3.8, 4) is 0 Å². The molecule has 6 rings (SSSR count). The molecule has 0 saturated carbocycles. The molecule has 0 amide bonds. The molecule has 158 valence electrons. The number of nitrogens with two attached hydrogens (primary N) is 1. The van der Waals surface area contributed by atoms with E-state index in [0.717, 1.165) is 24.2 Å². The lowest BCUT2D eigenvalue weighted by atomic mass is 9.79. The Kier molecular flexibility index (Phi) is 4.68. The van der Waals surface area contributed by atoms with E-state index in [1.54, 1.807) is 0 Å². The largest absolute Gasteiger partial charge is 0.369 e. The Balaban J connectivity index is 1.30. The van der Waals surface area contributed by atoms with Gasteiger partial charge in [-0.05, 0) is 83.5 Å². The molecular weight excluding hydrogens is 390 g/mol. The summed E-state index contributed by atoms with van der Waals surface area (Å²) >= 11 is 0. The van der Waals surface area contributed by atoms with Crippen LogP contribution in [0.25, 0.3) is 10.8 Å². The standard InChI is InChI=1S/C29H27N3/c30-29(32-27-17-16-21-15-14-20-8-5-13-26(27)28(20)21)31-23-10-3-9-22(18-23)25-12-4-7-19-6-1-2-11-24(19)25/h1-3,5-6,8-11,13,16-18,25H,4,7,12,14-15H2,(H3,30,31,32). The zero-order valence-corrected chi connectivity index (χ0v) is 18.1. The highest BCUT2D eigenvalue weighted by Crippen LogP contribution is 2.38. The van der Waals surface area contributed by atoms with Gasteiger partial charge in [-0.3, -0.25) is 0 Å². The van der Waals surface area contributed by atoms with Gasteiger partial charge in [0, 0.05) is 17.0 Å². The number of aryl methyl sites for hydroxylation is 3. The summed E-state index contributed by atoms with van der Waals surface area (Å²) in [4.78, 5) is 4.75. The van der Waals surface area contributed by atoms with Gasteiger partial charge in [0.2, 0.25) is 0 Å². The fourth-order valence-corrected chi connectivity index (χ4v) is 5.57. The van der Waals surface area contributed by atoms with E-state index in [-0.39, 0.29) is 0 Å². The number of nitrogens with one attached hydrogen (secondary N) is 1. The molecule has 0 bridgehead atoms. The second-order valence-electron chi connectivity index (χ2n) is 8.97. The molecule has 32 heavy (non-hydrogen) atoms. The zero-order valence-electron chi connectivity index (χ0n) is 18.1. The minimum Gasteiger partial charge on any atom is -0.369 e. The van der Waals surface area contributed by atoms with Crippen molar-refractivity contribution in [1.29, 1.82) is 0 Å². The van der Waals surface area contributed by atoms with Crippen molar-refractivity contribution in [3.63, 3.8) is 0 Å². The Morgan fingerprint density at radius 2 is 1.62 bits per heavy atom. The molecule has 0 fully saturated rings. The van der Waals surface area contributed by atoms with E-state index < -0.39 is 0 Å². The van der Waals surface area contributed by atoms with E-state index in [2.05, 4.69) is 84.2 Å². The number of nitrogens with zero attached hydrogens (tertiary/aromatic N) is 1. The molecule has 0 aromatic heterocycles. The molecule has 0 heterocycles. The van der Waals surface area contributed by atoms with Crippen LogP contribution in [0.4, 0.5) is 11.4 Å². The lowest BCUT2D eigenvalue weighted by Crippen LogP contribution is -2.22. The number of fused-ring (bicyclic) bond motifs is 1. The lowest BCUT2D eigenvalue weighted by Gasteiger charge is -2.26. The topological polar surface area (TPSA) is 50.4 Å². The van der Waals surface area contributed by atoms with Crippen LogP contribution < -0.4 is 11.1 Å². The van der Waals surface area contributed by atoms with Crippen LogP contribution in [0.2, 0.25) is 0 Å². The highest BCUT2D eigenvalue weighted by atomic mass is 15.1. The lowest BCUT2D eigenvalue weighted by molar-refractivity contribution is 0.616. The predicted molar refractivity (Wildman–Crippen MR) is 134 cm³/mol. The molecule has 0 aliphatic heterocycles. The molecule has 1 atom stereocenters. The minimum atomic E-state index is 0.421. The summed E-state index contributed by atoms with van der Waals surface area (Å²) in [6.07, 6.45) is 5.83. The van der Waals surface area contributed by atoms with Crippen molar-refractivity contribution >= 4 is 28.1 Å². The quantitative estimate of drug-likeness (QED) is 0.297. The zero-order chi connectivity index (χ0) is 21.5. The van der Waals surface area contributed by atoms with Gasteiger partial charge in [0.05, 0.1) is 5.69 Å². The van der Waals surface area contributed by atoms with Crippen LogP contribution in [0.1, 0.15) is 46.6 Å². The Bertz CT molecular complexity index is 1340. The molecule has 4 aromatic rings. The van der Waals surface area contributed by atoms with E-state index >= 15 is 0 Å². The predicted octanol–water partition coefficient (Wildman–Crippen LogP) is 6.46. The number of hydrogen-bond acceptors (Lipinski definition) is 1. The minimum absolute atomic E-state index is 0.421. The molecule has 1 unspecified atom stereocenters. The maximum absolute atomic E-state index is 6.36. The van der Waals surface area contributed by atoms with Gasteiger partial charge in [0.25, 0.3) is 0 Å². The summed E-state index contributed by atoms with van der Waals surface area (Å²) in [5.74, 6) is 0.862. The highest BCUT2D eigenvalue weighted by Gasteiger charge is 2.21. The van der Waals surface area contributed by atoms with Gasteiger partial charge < -0.3 is 11.1 Å². The van der Waals surface area contributed by atoms with Crippen molar-refractivity contribution in [3.05, 3.63) is 107 Å². The van der Waals surface area contributed by atoms with Crippen LogP contribution in [-0.4, -0.2) is 5.96 Å². The number of anilines is 1. The Hall–Kier alpha value is -3.59. The second kappa shape index (κ2) is 7.83. The summed E-state index contributed by atoms with van der Waals surface area (Å²) in [7, 11) is 0. The van der Waals surface area contributed by atoms with E-state index in [9.17, 15) is 0 Å². The average Bonchev–Trinajstić information content (AvgIpc) is 3.25. The van der Waals surface area contributed by atoms with Crippen molar-refractivity contribution in [2.45, 2.75) is 38.0 Å². The van der Waals surface area contributed by atoms with Gasteiger partial charge in [-0.2, -0.15) is 0 Å². The van der Waals surface area contributed by atoms with E-state index in [4.69, 9.17) is 10.7 Å².